The molecule has 0 amide bonds. The zero-order chi connectivity index (χ0) is 16.7. The predicted molar refractivity (Wildman–Crippen MR) is 94.9 cm³/mol. The highest BCUT2D eigenvalue weighted by atomic mass is 16.5. The van der Waals surface area contributed by atoms with E-state index in [0.717, 1.165) is 36.9 Å². The Labute approximate surface area is 141 Å². The topological polar surface area (TPSA) is 35.9 Å². The van der Waals surface area contributed by atoms with Gasteiger partial charge >= 0.3 is 0 Å². The number of rotatable bonds is 8. The minimum Gasteiger partial charge on any atom is -0.497 e. The number of ether oxygens (including phenoxy) is 1. The Bertz CT molecular complexity index is 456. The van der Waals surface area contributed by atoms with Gasteiger partial charge in [-0.3, -0.25) is 0 Å². The number of aliphatic hydroxyl groups excluding tert-OH is 1. The SMILES string of the molecule is COc1cccc(C(O)CN2CCC(CCCN(C)C)CC2)c1. The predicted octanol–water partition coefficient (Wildman–Crippen LogP) is 2.78. The minimum absolute atomic E-state index is 0.435. The number of benzene rings is 1. The number of likely N-dealkylation sites (tertiary alicyclic amines) is 1. The van der Waals surface area contributed by atoms with Crippen molar-refractivity contribution in [1.29, 1.82) is 0 Å². The van der Waals surface area contributed by atoms with Crippen molar-refractivity contribution in [2.45, 2.75) is 31.8 Å². The molecule has 23 heavy (non-hydrogen) atoms. The van der Waals surface area contributed by atoms with Crippen LogP contribution in [0.25, 0.3) is 0 Å². The maximum atomic E-state index is 10.5. The third-order valence-corrected chi connectivity index (χ3v) is 4.83. The van der Waals surface area contributed by atoms with E-state index >= 15 is 0 Å². The zero-order valence-electron chi connectivity index (χ0n) is 14.9. The second kappa shape index (κ2) is 9.26. The second-order valence-corrected chi connectivity index (χ2v) is 6.98. The van der Waals surface area contributed by atoms with Gasteiger partial charge in [0.05, 0.1) is 13.2 Å². The van der Waals surface area contributed by atoms with Crippen LogP contribution in [0.1, 0.15) is 37.4 Å². The van der Waals surface area contributed by atoms with Gasteiger partial charge in [0.1, 0.15) is 5.75 Å². The summed E-state index contributed by atoms with van der Waals surface area (Å²) in [6.07, 6.45) is 4.72. The molecule has 1 atom stereocenters. The van der Waals surface area contributed by atoms with Crippen LogP contribution in [0.5, 0.6) is 5.75 Å². The first-order valence-corrected chi connectivity index (χ1v) is 8.77. The minimum atomic E-state index is -0.435. The van der Waals surface area contributed by atoms with Crippen molar-refractivity contribution in [1.82, 2.24) is 9.80 Å². The average molecular weight is 320 g/mol. The van der Waals surface area contributed by atoms with E-state index in [9.17, 15) is 5.11 Å². The van der Waals surface area contributed by atoms with E-state index < -0.39 is 6.10 Å². The highest BCUT2D eigenvalue weighted by Gasteiger charge is 2.21. The van der Waals surface area contributed by atoms with E-state index in [2.05, 4.69) is 23.9 Å². The Morgan fingerprint density at radius 1 is 1.30 bits per heavy atom. The van der Waals surface area contributed by atoms with E-state index in [1.165, 1.54) is 32.2 Å². The van der Waals surface area contributed by atoms with E-state index in [4.69, 9.17) is 4.74 Å². The Morgan fingerprint density at radius 2 is 2.04 bits per heavy atom. The maximum Gasteiger partial charge on any atom is 0.119 e. The van der Waals surface area contributed by atoms with E-state index in [0.29, 0.717) is 0 Å². The molecule has 4 heteroatoms. The molecule has 1 heterocycles. The molecule has 1 unspecified atom stereocenters. The van der Waals surface area contributed by atoms with Gasteiger partial charge in [-0.2, -0.15) is 0 Å². The fourth-order valence-corrected chi connectivity index (χ4v) is 3.35. The molecule has 130 valence electrons. The van der Waals surface area contributed by atoms with E-state index in [1.54, 1.807) is 7.11 Å². The smallest absolute Gasteiger partial charge is 0.119 e. The molecule has 0 bridgehead atoms. The van der Waals surface area contributed by atoms with Gasteiger partial charge in [0.25, 0.3) is 0 Å². The quantitative estimate of drug-likeness (QED) is 0.799. The summed E-state index contributed by atoms with van der Waals surface area (Å²) in [7, 11) is 5.94. The van der Waals surface area contributed by atoms with Crippen LogP contribution in [-0.2, 0) is 0 Å². The molecule has 2 rings (SSSR count). The molecule has 0 radical (unpaired) electrons. The van der Waals surface area contributed by atoms with Crippen molar-refractivity contribution in [3.05, 3.63) is 29.8 Å². The fraction of sp³-hybridized carbons (Fsp3) is 0.684. The normalized spacial score (nSPS) is 18.3. The molecule has 4 nitrogen and oxygen atoms in total. The summed E-state index contributed by atoms with van der Waals surface area (Å²) >= 11 is 0. The van der Waals surface area contributed by atoms with Crippen molar-refractivity contribution < 1.29 is 9.84 Å². The highest BCUT2D eigenvalue weighted by molar-refractivity contribution is 5.29. The van der Waals surface area contributed by atoms with Crippen molar-refractivity contribution in [3.63, 3.8) is 0 Å². The Morgan fingerprint density at radius 3 is 2.70 bits per heavy atom. The van der Waals surface area contributed by atoms with Crippen molar-refractivity contribution in [2.75, 3.05) is 47.4 Å². The molecular formula is C19H32N2O2. The van der Waals surface area contributed by atoms with Gasteiger partial charge in [0.15, 0.2) is 0 Å². The summed E-state index contributed by atoms with van der Waals surface area (Å²) in [4.78, 5) is 4.66. The van der Waals surface area contributed by atoms with Crippen LogP contribution in [0.4, 0.5) is 0 Å². The molecule has 0 spiro atoms. The van der Waals surface area contributed by atoms with Crippen LogP contribution in [0.2, 0.25) is 0 Å². The first-order chi connectivity index (χ1) is 11.1. The second-order valence-electron chi connectivity index (χ2n) is 6.98. The lowest BCUT2D eigenvalue weighted by atomic mass is 9.92. The molecule has 0 aliphatic carbocycles. The first kappa shape index (κ1) is 18.2. The molecule has 1 aromatic rings. The summed E-state index contributed by atoms with van der Waals surface area (Å²) in [5.74, 6) is 1.67. The number of methoxy groups -OCH3 is 1. The third kappa shape index (κ3) is 6.13. The van der Waals surface area contributed by atoms with Crippen LogP contribution in [0, 0.1) is 5.92 Å². The van der Waals surface area contributed by atoms with Gasteiger partial charge in [-0.15, -0.1) is 0 Å². The number of aliphatic hydroxyl groups is 1. The van der Waals surface area contributed by atoms with Gasteiger partial charge in [-0.1, -0.05) is 12.1 Å². The maximum absolute atomic E-state index is 10.5. The number of nitrogens with zero attached hydrogens (tertiary/aromatic N) is 2. The molecular weight excluding hydrogens is 288 g/mol. The standard InChI is InChI=1S/C19H32N2O2/c1-20(2)11-5-6-16-9-12-21(13-10-16)15-19(22)17-7-4-8-18(14-17)23-3/h4,7-8,14,16,19,22H,5-6,9-13,15H2,1-3H3. The van der Waals surface area contributed by atoms with Crippen molar-refractivity contribution >= 4 is 0 Å². The Balaban J connectivity index is 1.73. The molecule has 0 saturated carbocycles. The number of piperidine rings is 1. The lowest BCUT2D eigenvalue weighted by Gasteiger charge is -2.33. The monoisotopic (exact) mass is 320 g/mol. The molecule has 1 N–H and O–H groups in total. The zero-order valence-corrected chi connectivity index (χ0v) is 14.9. The lowest BCUT2D eigenvalue weighted by molar-refractivity contribution is 0.0872. The molecule has 0 aromatic heterocycles. The summed E-state index contributed by atoms with van der Waals surface area (Å²) in [6, 6.07) is 7.75. The van der Waals surface area contributed by atoms with Gasteiger partial charge < -0.3 is 19.6 Å². The van der Waals surface area contributed by atoms with E-state index in [1.807, 2.05) is 24.3 Å². The Kier molecular flexibility index (Phi) is 7.34. The highest BCUT2D eigenvalue weighted by Crippen LogP contribution is 2.25. The van der Waals surface area contributed by atoms with Crippen molar-refractivity contribution in [3.8, 4) is 5.75 Å². The summed E-state index contributed by atoms with van der Waals surface area (Å²) in [5.41, 5.74) is 0.942. The van der Waals surface area contributed by atoms with Gasteiger partial charge in [-0.25, -0.2) is 0 Å². The Hall–Kier alpha value is -1.10. The van der Waals surface area contributed by atoms with Crippen LogP contribution in [0.3, 0.4) is 0 Å². The molecule has 1 aliphatic rings. The lowest BCUT2D eigenvalue weighted by Crippen LogP contribution is -2.36. The third-order valence-electron chi connectivity index (χ3n) is 4.83. The number of hydrogen-bond donors (Lipinski definition) is 1. The largest absolute Gasteiger partial charge is 0.497 e. The van der Waals surface area contributed by atoms with Crippen LogP contribution in [0.15, 0.2) is 24.3 Å². The molecule has 1 fully saturated rings. The summed E-state index contributed by atoms with van der Waals surface area (Å²) in [5, 5.41) is 10.5. The van der Waals surface area contributed by atoms with Crippen LogP contribution < -0.4 is 4.74 Å². The van der Waals surface area contributed by atoms with Gasteiger partial charge in [0, 0.05) is 6.54 Å². The molecule has 1 aliphatic heterocycles. The first-order valence-electron chi connectivity index (χ1n) is 8.77. The summed E-state index contributed by atoms with van der Waals surface area (Å²) in [6.45, 7) is 4.12. The number of β-amino-alcohol motifs (C(OH)–C–C–N with tert-alkyl or cyclic N) is 1. The van der Waals surface area contributed by atoms with Crippen molar-refractivity contribution in [2.24, 2.45) is 5.92 Å². The number of hydrogen-bond acceptors (Lipinski definition) is 4. The van der Waals surface area contributed by atoms with Crippen LogP contribution in [-0.4, -0.2) is 62.3 Å². The van der Waals surface area contributed by atoms with Gasteiger partial charge in [0.2, 0.25) is 0 Å². The molecule has 1 aromatic carbocycles. The fourth-order valence-electron chi connectivity index (χ4n) is 3.35. The summed E-state index contributed by atoms with van der Waals surface area (Å²) < 4.78 is 5.24. The van der Waals surface area contributed by atoms with Crippen LogP contribution >= 0.6 is 0 Å². The van der Waals surface area contributed by atoms with E-state index in [-0.39, 0.29) is 0 Å². The van der Waals surface area contributed by atoms with Gasteiger partial charge in [-0.05, 0) is 83.0 Å². The molecule has 1 saturated heterocycles. The average Bonchev–Trinajstić information content (AvgIpc) is 2.56.